The van der Waals surface area contributed by atoms with Crippen molar-refractivity contribution in [1.29, 1.82) is 5.26 Å². The summed E-state index contributed by atoms with van der Waals surface area (Å²) in [5, 5.41) is 9.21. The molecule has 2 amide bonds. The Morgan fingerprint density at radius 3 is 2.73 bits per heavy atom. The van der Waals surface area contributed by atoms with Gasteiger partial charge in [0.15, 0.2) is 0 Å². The van der Waals surface area contributed by atoms with E-state index in [0.717, 1.165) is 35.4 Å². The van der Waals surface area contributed by atoms with Gasteiger partial charge in [-0.2, -0.15) is 5.26 Å². The first-order valence-corrected chi connectivity index (χ1v) is 12.5. The largest absolute Gasteiger partial charge is 0.495 e. The van der Waals surface area contributed by atoms with Gasteiger partial charge in [0.2, 0.25) is 11.8 Å². The van der Waals surface area contributed by atoms with Crippen LogP contribution in [0.1, 0.15) is 42.5 Å². The highest BCUT2D eigenvalue weighted by Crippen LogP contribution is 2.42. The number of amides is 2. The number of ether oxygens (including phenoxy) is 1. The van der Waals surface area contributed by atoms with Crippen LogP contribution in [-0.2, 0) is 27.8 Å². The van der Waals surface area contributed by atoms with Gasteiger partial charge in [0, 0.05) is 42.5 Å². The molecule has 188 valence electrons. The van der Waals surface area contributed by atoms with Gasteiger partial charge in [0.25, 0.3) is 0 Å². The van der Waals surface area contributed by atoms with Crippen LogP contribution in [0.15, 0.2) is 60.9 Å². The van der Waals surface area contributed by atoms with E-state index in [9.17, 15) is 14.9 Å². The van der Waals surface area contributed by atoms with E-state index in [1.165, 1.54) is 5.56 Å². The SMILES string of the molecule is COc1cncc(CCc2ccc3c(c2)C(C)(C)CN3C(=O)C2CC(=O)N(c3cccc(C#N)c3)C2)c1. The highest BCUT2D eigenvalue weighted by molar-refractivity contribution is 6.05. The zero-order valence-corrected chi connectivity index (χ0v) is 21.4. The lowest BCUT2D eigenvalue weighted by atomic mass is 9.85. The molecule has 0 bridgehead atoms. The molecular formula is C30H30N4O3. The molecule has 7 nitrogen and oxygen atoms in total. The van der Waals surface area contributed by atoms with Crippen LogP contribution >= 0.6 is 0 Å². The van der Waals surface area contributed by atoms with Gasteiger partial charge in [-0.15, -0.1) is 0 Å². The fourth-order valence-corrected chi connectivity index (χ4v) is 5.37. The van der Waals surface area contributed by atoms with Crippen LogP contribution in [0.25, 0.3) is 0 Å². The fourth-order valence-electron chi connectivity index (χ4n) is 5.37. The second-order valence-electron chi connectivity index (χ2n) is 10.5. The van der Waals surface area contributed by atoms with Gasteiger partial charge >= 0.3 is 0 Å². The molecule has 3 aromatic rings. The van der Waals surface area contributed by atoms with Crippen molar-refractivity contribution in [2.45, 2.75) is 38.5 Å². The Balaban J connectivity index is 1.32. The monoisotopic (exact) mass is 494 g/mol. The fraction of sp³-hybridized carbons (Fsp3) is 0.333. The van der Waals surface area contributed by atoms with Crippen LogP contribution in [0, 0.1) is 17.2 Å². The van der Waals surface area contributed by atoms with Gasteiger partial charge in [-0.25, -0.2) is 0 Å². The van der Waals surface area contributed by atoms with Crippen molar-refractivity contribution in [2.75, 3.05) is 30.0 Å². The molecule has 5 rings (SSSR count). The lowest BCUT2D eigenvalue weighted by molar-refractivity contribution is -0.124. The summed E-state index contributed by atoms with van der Waals surface area (Å²) in [5.74, 6) is 0.229. The lowest BCUT2D eigenvalue weighted by Gasteiger charge is -2.23. The van der Waals surface area contributed by atoms with E-state index < -0.39 is 5.92 Å². The van der Waals surface area contributed by atoms with Crippen molar-refractivity contribution >= 4 is 23.2 Å². The number of aryl methyl sites for hydroxylation is 2. The van der Waals surface area contributed by atoms with Crippen molar-refractivity contribution in [2.24, 2.45) is 5.92 Å². The molecule has 0 N–H and O–H groups in total. The molecule has 1 saturated heterocycles. The number of nitriles is 1. The van der Waals surface area contributed by atoms with E-state index in [0.29, 0.717) is 24.3 Å². The summed E-state index contributed by atoms with van der Waals surface area (Å²) in [7, 11) is 1.64. The molecule has 0 aliphatic carbocycles. The third kappa shape index (κ3) is 4.79. The van der Waals surface area contributed by atoms with E-state index >= 15 is 0 Å². The molecule has 1 fully saturated rings. The number of nitrogens with zero attached hydrogens (tertiary/aromatic N) is 4. The summed E-state index contributed by atoms with van der Waals surface area (Å²) in [4.78, 5) is 34.2. The molecule has 2 aliphatic rings. The normalized spacial score (nSPS) is 18.0. The van der Waals surface area contributed by atoms with Crippen molar-refractivity contribution < 1.29 is 14.3 Å². The van der Waals surface area contributed by atoms with Crippen molar-refractivity contribution in [3.05, 3.63) is 83.2 Å². The van der Waals surface area contributed by atoms with Gasteiger partial charge in [0.05, 0.1) is 30.9 Å². The standard InChI is InChI=1S/C30H30N4O3/c1-30(2)19-34(29(36)23-14-28(35)33(18-23)24-6-4-5-21(11-24)15-31)27-10-9-20(13-26(27)30)7-8-22-12-25(37-3)17-32-16-22/h4-6,9-13,16-17,23H,7-8,14,18-19H2,1-3H3. The first-order chi connectivity index (χ1) is 17.8. The number of pyridine rings is 1. The number of hydrogen-bond acceptors (Lipinski definition) is 5. The van der Waals surface area contributed by atoms with Crippen LogP contribution in [0.5, 0.6) is 5.75 Å². The zero-order chi connectivity index (χ0) is 26.2. The molecule has 1 unspecified atom stereocenters. The van der Waals surface area contributed by atoms with Gasteiger partial charge in [-0.1, -0.05) is 32.0 Å². The summed E-state index contributed by atoms with van der Waals surface area (Å²) >= 11 is 0. The molecule has 0 radical (unpaired) electrons. The van der Waals surface area contributed by atoms with E-state index in [1.807, 2.05) is 29.3 Å². The molecular weight excluding hydrogens is 464 g/mol. The second-order valence-corrected chi connectivity index (χ2v) is 10.5. The minimum Gasteiger partial charge on any atom is -0.495 e. The Bertz CT molecular complexity index is 1410. The van der Waals surface area contributed by atoms with Crippen LogP contribution in [0.3, 0.4) is 0 Å². The van der Waals surface area contributed by atoms with Crippen LogP contribution in [0.2, 0.25) is 0 Å². The van der Waals surface area contributed by atoms with Gasteiger partial charge in [-0.3, -0.25) is 14.6 Å². The minimum absolute atomic E-state index is 0.0192. The quantitative estimate of drug-likeness (QED) is 0.506. The first kappa shape index (κ1) is 24.5. The summed E-state index contributed by atoms with van der Waals surface area (Å²) in [6.45, 7) is 5.23. The molecule has 7 heteroatoms. The predicted octanol–water partition coefficient (Wildman–Crippen LogP) is 4.42. The number of carbonyl (C=O) groups is 2. The highest BCUT2D eigenvalue weighted by atomic mass is 16.5. The van der Waals surface area contributed by atoms with E-state index in [4.69, 9.17) is 4.74 Å². The number of hydrogen-bond donors (Lipinski definition) is 0. The molecule has 0 spiro atoms. The smallest absolute Gasteiger partial charge is 0.232 e. The van der Waals surface area contributed by atoms with Crippen molar-refractivity contribution in [1.82, 2.24) is 4.98 Å². The van der Waals surface area contributed by atoms with Gasteiger partial charge in [0.1, 0.15) is 5.75 Å². The predicted molar refractivity (Wildman–Crippen MR) is 142 cm³/mol. The highest BCUT2D eigenvalue weighted by Gasteiger charge is 2.43. The Morgan fingerprint density at radius 1 is 1.14 bits per heavy atom. The maximum atomic E-state index is 13.7. The van der Waals surface area contributed by atoms with Gasteiger partial charge in [-0.05, 0) is 59.9 Å². The minimum atomic E-state index is -0.416. The summed E-state index contributed by atoms with van der Waals surface area (Å²) < 4.78 is 5.28. The Morgan fingerprint density at radius 2 is 1.95 bits per heavy atom. The Hall–Kier alpha value is -4.18. The van der Waals surface area contributed by atoms with Crippen LogP contribution in [-0.4, -0.2) is 37.0 Å². The van der Waals surface area contributed by atoms with E-state index in [2.05, 4.69) is 37.0 Å². The molecule has 2 aromatic carbocycles. The molecule has 0 saturated carbocycles. The van der Waals surface area contributed by atoms with Gasteiger partial charge < -0.3 is 14.5 Å². The molecule has 1 aromatic heterocycles. The average Bonchev–Trinajstić information content (AvgIpc) is 3.43. The summed E-state index contributed by atoms with van der Waals surface area (Å²) in [5.41, 5.74) is 5.38. The summed E-state index contributed by atoms with van der Waals surface area (Å²) in [6.07, 6.45) is 5.45. The Labute approximate surface area is 217 Å². The molecule has 3 heterocycles. The zero-order valence-electron chi connectivity index (χ0n) is 21.4. The molecule has 2 aliphatic heterocycles. The van der Waals surface area contributed by atoms with Crippen LogP contribution < -0.4 is 14.5 Å². The second kappa shape index (κ2) is 9.70. The first-order valence-electron chi connectivity index (χ1n) is 12.5. The maximum Gasteiger partial charge on any atom is 0.232 e. The third-order valence-corrected chi connectivity index (χ3v) is 7.37. The summed E-state index contributed by atoms with van der Waals surface area (Å²) in [6, 6.07) is 17.4. The van der Waals surface area contributed by atoms with E-state index in [1.54, 1.807) is 36.4 Å². The number of fused-ring (bicyclic) bond motifs is 1. The van der Waals surface area contributed by atoms with Crippen molar-refractivity contribution in [3.8, 4) is 11.8 Å². The van der Waals surface area contributed by atoms with Crippen molar-refractivity contribution in [3.63, 3.8) is 0 Å². The lowest BCUT2D eigenvalue weighted by Crippen LogP contribution is -2.39. The number of rotatable bonds is 6. The Kier molecular flexibility index (Phi) is 6.43. The third-order valence-electron chi connectivity index (χ3n) is 7.37. The maximum absolute atomic E-state index is 13.7. The number of aromatic nitrogens is 1. The number of methoxy groups -OCH3 is 1. The average molecular weight is 495 g/mol. The number of anilines is 2. The molecule has 37 heavy (non-hydrogen) atoms. The number of carbonyl (C=O) groups excluding carboxylic acids is 2. The topological polar surface area (TPSA) is 86.5 Å². The van der Waals surface area contributed by atoms with E-state index in [-0.39, 0.29) is 23.7 Å². The molecule has 1 atom stereocenters. The number of benzene rings is 2. The van der Waals surface area contributed by atoms with Crippen LogP contribution in [0.4, 0.5) is 11.4 Å².